The molecular formula is C23H23ClN4O3. The summed E-state index contributed by atoms with van der Waals surface area (Å²) < 4.78 is 7.93. The Morgan fingerprint density at radius 3 is 2.84 bits per heavy atom. The smallest absolute Gasteiger partial charge is 0.287 e. The molecule has 2 aromatic heterocycles. The van der Waals surface area contributed by atoms with Crippen molar-refractivity contribution < 1.29 is 14.0 Å². The summed E-state index contributed by atoms with van der Waals surface area (Å²) in [5.41, 5.74) is 4.91. The Hall–Kier alpha value is -3.06. The molecule has 0 saturated carbocycles. The maximum Gasteiger partial charge on any atom is 0.287 e. The van der Waals surface area contributed by atoms with E-state index in [1.165, 1.54) is 0 Å². The first-order valence-corrected chi connectivity index (χ1v) is 10.9. The molecule has 1 aliphatic heterocycles. The van der Waals surface area contributed by atoms with Gasteiger partial charge in [0.25, 0.3) is 5.91 Å². The molecule has 0 bridgehead atoms. The van der Waals surface area contributed by atoms with Gasteiger partial charge < -0.3 is 15.1 Å². The number of rotatable bonds is 4. The van der Waals surface area contributed by atoms with Crippen LogP contribution in [0.5, 0.6) is 0 Å². The number of carbonyl (C=O) groups is 2. The van der Waals surface area contributed by atoms with Crippen LogP contribution in [0.15, 0.2) is 34.9 Å². The monoisotopic (exact) mass is 438 g/mol. The normalized spacial score (nSPS) is 17.6. The van der Waals surface area contributed by atoms with E-state index in [0.717, 1.165) is 46.5 Å². The Labute approximate surface area is 184 Å². The Balaban J connectivity index is 1.38. The molecule has 1 saturated heterocycles. The largest absolute Gasteiger partial charge is 0.455 e. The van der Waals surface area contributed by atoms with Gasteiger partial charge in [0.2, 0.25) is 5.91 Å². The predicted molar refractivity (Wildman–Crippen MR) is 116 cm³/mol. The van der Waals surface area contributed by atoms with Crippen LogP contribution in [0.4, 0.5) is 0 Å². The van der Waals surface area contributed by atoms with Gasteiger partial charge in [0.1, 0.15) is 5.76 Å². The SMILES string of the molecule is Cc1c(C(=O)NC2CCC(=O)NC2)oc2c1-c1nn(Cc3ccc(Cl)cc3)cc1CC2. The molecule has 1 fully saturated rings. The number of furan rings is 1. The summed E-state index contributed by atoms with van der Waals surface area (Å²) in [4.78, 5) is 24.2. The summed E-state index contributed by atoms with van der Waals surface area (Å²) in [6, 6.07) is 7.66. The highest BCUT2D eigenvalue weighted by Gasteiger charge is 2.31. The fraction of sp³-hybridized carbons (Fsp3) is 0.348. The molecule has 2 N–H and O–H groups in total. The summed E-state index contributed by atoms with van der Waals surface area (Å²) in [6.07, 6.45) is 4.70. The lowest BCUT2D eigenvalue weighted by atomic mass is 9.93. The second kappa shape index (κ2) is 7.89. The molecule has 3 aromatic rings. The lowest BCUT2D eigenvalue weighted by Gasteiger charge is -2.23. The Kier molecular flexibility index (Phi) is 5.06. The van der Waals surface area contributed by atoms with Crippen molar-refractivity contribution in [1.29, 1.82) is 0 Å². The van der Waals surface area contributed by atoms with Gasteiger partial charge in [-0.05, 0) is 43.0 Å². The van der Waals surface area contributed by atoms with Crippen molar-refractivity contribution in [2.75, 3.05) is 6.54 Å². The molecule has 160 valence electrons. The third-order valence-corrected chi connectivity index (χ3v) is 6.23. The molecule has 1 atom stereocenters. The quantitative estimate of drug-likeness (QED) is 0.654. The van der Waals surface area contributed by atoms with E-state index in [0.29, 0.717) is 36.7 Å². The first-order chi connectivity index (χ1) is 15.0. The molecule has 1 aromatic carbocycles. The molecule has 2 amide bonds. The maximum atomic E-state index is 12.9. The summed E-state index contributed by atoms with van der Waals surface area (Å²) >= 11 is 5.98. The van der Waals surface area contributed by atoms with Crippen LogP contribution in [0, 0.1) is 6.92 Å². The van der Waals surface area contributed by atoms with E-state index in [2.05, 4.69) is 16.8 Å². The number of hydrogen-bond donors (Lipinski definition) is 2. The van der Waals surface area contributed by atoms with E-state index in [4.69, 9.17) is 21.1 Å². The number of halogens is 1. The minimum Gasteiger partial charge on any atom is -0.455 e. The summed E-state index contributed by atoms with van der Waals surface area (Å²) in [6.45, 7) is 3.01. The predicted octanol–water partition coefficient (Wildman–Crippen LogP) is 3.26. The van der Waals surface area contributed by atoms with Crippen molar-refractivity contribution in [3.8, 4) is 11.3 Å². The van der Waals surface area contributed by atoms with Crippen LogP contribution in [0.1, 0.15) is 45.8 Å². The number of benzene rings is 1. The standard InChI is InChI=1S/C23H23ClN4O3/c1-13-20-18(31-22(13)23(30)26-17-7-9-19(29)25-10-17)8-4-15-12-28(27-21(15)20)11-14-2-5-16(24)6-3-14/h2-3,5-6,12,17H,4,7-11H2,1H3,(H,25,29)(H,26,30). The lowest BCUT2D eigenvalue weighted by Crippen LogP contribution is -2.47. The number of aromatic nitrogens is 2. The first kappa shape index (κ1) is 19.9. The van der Waals surface area contributed by atoms with Crippen molar-refractivity contribution in [2.24, 2.45) is 0 Å². The number of nitrogens with one attached hydrogen (secondary N) is 2. The number of piperidine rings is 1. The molecule has 1 aliphatic carbocycles. The molecule has 3 heterocycles. The lowest BCUT2D eigenvalue weighted by molar-refractivity contribution is -0.122. The maximum absolute atomic E-state index is 12.9. The molecule has 0 radical (unpaired) electrons. The highest BCUT2D eigenvalue weighted by atomic mass is 35.5. The highest BCUT2D eigenvalue weighted by Crippen LogP contribution is 2.38. The topological polar surface area (TPSA) is 89.2 Å². The third kappa shape index (κ3) is 3.85. The van der Waals surface area contributed by atoms with E-state index in [1.807, 2.05) is 35.9 Å². The van der Waals surface area contributed by atoms with Crippen LogP contribution in [0.2, 0.25) is 5.02 Å². The number of carbonyl (C=O) groups excluding carboxylic acids is 2. The summed E-state index contributed by atoms with van der Waals surface area (Å²) in [5, 5.41) is 11.3. The van der Waals surface area contributed by atoms with Gasteiger partial charge in [-0.25, -0.2) is 0 Å². The average Bonchev–Trinajstić information content (AvgIpc) is 3.31. The zero-order valence-corrected chi connectivity index (χ0v) is 18.0. The van der Waals surface area contributed by atoms with Crippen molar-refractivity contribution in [3.63, 3.8) is 0 Å². The van der Waals surface area contributed by atoms with Crippen molar-refractivity contribution >= 4 is 23.4 Å². The van der Waals surface area contributed by atoms with Gasteiger partial charge in [-0.1, -0.05) is 23.7 Å². The first-order valence-electron chi connectivity index (χ1n) is 10.5. The number of aryl methyl sites for hydroxylation is 2. The molecular weight excluding hydrogens is 416 g/mol. The minimum atomic E-state index is -0.241. The second-order valence-corrected chi connectivity index (χ2v) is 8.63. The summed E-state index contributed by atoms with van der Waals surface area (Å²) in [7, 11) is 0. The van der Waals surface area contributed by atoms with Crippen molar-refractivity contribution in [2.45, 2.75) is 45.2 Å². The molecule has 7 nitrogen and oxygen atoms in total. The van der Waals surface area contributed by atoms with Gasteiger partial charge in [-0.3, -0.25) is 14.3 Å². The van der Waals surface area contributed by atoms with Crippen molar-refractivity contribution in [1.82, 2.24) is 20.4 Å². The minimum absolute atomic E-state index is 0.0249. The number of hydrogen-bond acceptors (Lipinski definition) is 4. The van der Waals surface area contributed by atoms with Crippen LogP contribution >= 0.6 is 11.6 Å². The fourth-order valence-corrected chi connectivity index (χ4v) is 4.47. The Bertz CT molecular complexity index is 1150. The second-order valence-electron chi connectivity index (χ2n) is 8.19. The fourth-order valence-electron chi connectivity index (χ4n) is 4.34. The van der Waals surface area contributed by atoms with E-state index in [-0.39, 0.29) is 17.9 Å². The molecule has 1 unspecified atom stereocenters. The van der Waals surface area contributed by atoms with E-state index in [9.17, 15) is 9.59 Å². The number of nitrogens with zero attached hydrogens (tertiary/aromatic N) is 2. The Morgan fingerprint density at radius 2 is 2.10 bits per heavy atom. The zero-order valence-electron chi connectivity index (χ0n) is 17.2. The molecule has 2 aliphatic rings. The molecule has 8 heteroatoms. The zero-order chi connectivity index (χ0) is 21.5. The van der Waals surface area contributed by atoms with Gasteiger partial charge >= 0.3 is 0 Å². The number of fused-ring (bicyclic) bond motifs is 3. The highest BCUT2D eigenvalue weighted by molar-refractivity contribution is 6.30. The van der Waals surface area contributed by atoms with Gasteiger partial charge in [0, 0.05) is 47.8 Å². The van der Waals surface area contributed by atoms with Crippen molar-refractivity contribution in [3.05, 3.63) is 63.7 Å². The van der Waals surface area contributed by atoms with Gasteiger partial charge in [0.05, 0.1) is 12.2 Å². The van der Waals surface area contributed by atoms with E-state index < -0.39 is 0 Å². The third-order valence-electron chi connectivity index (χ3n) is 5.98. The average molecular weight is 439 g/mol. The van der Waals surface area contributed by atoms with Crippen LogP contribution in [-0.4, -0.2) is 34.2 Å². The molecule has 5 rings (SSSR count). The van der Waals surface area contributed by atoms with Crippen LogP contribution < -0.4 is 10.6 Å². The van der Waals surface area contributed by atoms with Crippen LogP contribution in [-0.2, 0) is 24.2 Å². The van der Waals surface area contributed by atoms with Gasteiger partial charge in [-0.15, -0.1) is 0 Å². The molecule has 31 heavy (non-hydrogen) atoms. The number of amides is 2. The Morgan fingerprint density at radius 1 is 1.29 bits per heavy atom. The van der Waals surface area contributed by atoms with Gasteiger partial charge in [-0.2, -0.15) is 5.10 Å². The summed E-state index contributed by atoms with van der Waals surface area (Å²) in [5.74, 6) is 0.929. The van der Waals surface area contributed by atoms with E-state index >= 15 is 0 Å². The van der Waals surface area contributed by atoms with Crippen LogP contribution in [0.3, 0.4) is 0 Å². The molecule has 0 spiro atoms. The van der Waals surface area contributed by atoms with E-state index in [1.54, 1.807) is 0 Å². The van der Waals surface area contributed by atoms with Crippen LogP contribution in [0.25, 0.3) is 11.3 Å². The van der Waals surface area contributed by atoms with Gasteiger partial charge in [0.15, 0.2) is 5.76 Å².